The lowest BCUT2D eigenvalue weighted by Gasteiger charge is -2.71. The molecule has 6 aliphatic carbocycles. The van der Waals surface area contributed by atoms with E-state index in [1.165, 1.54) is 61.7 Å². The van der Waals surface area contributed by atoms with Crippen molar-refractivity contribution in [1.82, 2.24) is 5.32 Å². The number of benzene rings is 1. The molecule has 5 fully saturated rings. The Morgan fingerprint density at radius 2 is 1.67 bits per heavy atom. The third-order valence-corrected chi connectivity index (χ3v) is 18.9. The van der Waals surface area contributed by atoms with Crippen molar-refractivity contribution in [3.05, 3.63) is 71.3 Å². The fraction of sp³-hybridized carbons (Fsp3) is 0.745. The molecule has 5 nitrogen and oxygen atoms in total. The average Bonchev–Trinajstić information content (AvgIpc) is 3.56. The highest BCUT2D eigenvalue weighted by Crippen LogP contribution is 2.76. The van der Waals surface area contributed by atoms with Crippen molar-refractivity contribution in [2.24, 2.45) is 62.6 Å². The van der Waals surface area contributed by atoms with Crippen LogP contribution in [0.1, 0.15) is 137 Å². The number of esters is 1. The molecule has 4 saturated carbocycles. The van der Waals surface area contributed by atoms with Crippen LogP contribution < -0.4 is 5.32 Å². The standard InChI is InChI=1S/C51H74FNO4/c1-34(2)38-31-41(53-28-25-51(55)26-29-56-30-27-51)37-17-21-48(6)40(44(37)38)13-14-43-47(5)20-18-39(46(3,4)42(47)19-22-49(43,48)7)36-15-23-50(33-52,24-16-36)45(54)57-32-35-11-9-8-10-12-35/h8-12,15,18,37-38,40-44,53,55H,1,13-14,16-17,19-33H2,2-7H3/t37?,38-,40+,41+,42-,43+,44+,47-,48+,49+,50-/m0/s1. The molecule has 0 bridgehead atoms. The lowest BCUT2D eigenvalue weighted by molar-refractivity contribution is -0.217. The Hall–Kier alpha value is -2.28. The molecule has 1 saturated heterocycles. The van der Waals surface area contributed by atoms with Crippen LogP contribution in [-0.4, -0.2) is 49.2 Å². The summed E-state index contributed by atoms with van der Waals surface area (Å²) >= 11 is 0. The van der Waals surface area contributed by atoms with Crippen molar-refractivity contribution < 1.29 is 23.8 Å². The van der Waals surface area contributed by atoms with Crippen LogP contribution in [-0.2, 0) is 20.9 Å². The maximum absolute atomic E-state index is 14.8. The van der Waals surface area contributed by atoms with Gasteiger partial charge in [0.1, 0.15) is 13.3 Å². The minimum absolute atomic E-state index is 0.00625. The third kappa shape index (κ3) is 6.86. The number of ether oxygens (including phenoxy) is 2. The second kappa shape index (κ2) is 15.3. The van der Waals surface area contributed by atoms with Crippen LogP contribution in [0.15, 0.2) is 65.8 Å². The van der Waals surface area contributed by atoms with Gasteiger partial charge in [-0.1, -0.05) is 89.3 Å². The highest BCUT2D eigenvalue weighted by molar-refractivity contribution is 5.78. The van der Waals surface area contributed by atoms with E-state index in [1.54, 1.807) is 0 Å². The normalized spacial score (nSPS) is 42.0. The van der Waals surface area contributed by atoms with Crippen molar-refractivity contribution >= 4 is 5.97 Å². The van der Waals surface area contributed by atoms with E-state index in [4.69, 9.17) is 9.47 Å². The van der Waals surface area contributed by atoms with Gasteiger partial charge in [0.25, 0.3) is 0 Å². The van der Waals surface area contributed by atoms with E-state index < -0.39 is 23.7 Å². The van der Waals surface area contributed by atoms with E-state index in [1.807, 2.05) is 30.3 Å². The number of hydrogen-bond acceptors (Lipinski definition) is 5. The Kier molecular flexibility index (Phi) is 11.1. The van der Waals surface area contributed by atoms with Crippen LogP contribution in [0, 0.1) is 62.6 Å². The van der Waals surface area contributed by atoms with Crippen LogP contribution in [0.2, 0.25) is 0 Å². The molecule has 0 radical (unpaired) electrons. The van der Waals surface area contributed by atoms with Gasteiger partial charge in [0.05, 0.1) is 11.0 Å². The molecule has 11 atom stereocenters. The van der Waals surface area contributed by atoms with Gasteiger partial charge in [0, 0.05) is 19.3 Å². The number of alkyl halides is 1. The Bertz CT molecular complexity index is 1730. The summed E-state index contributed by atoms with van der Waals surface area (Å²) in [7, 11) is 0. The van der Waals surface area contributed by atoms with E-state index in [0.29, 0.717) is 67.1 Å². The van der Waals surface area contributed by atoms with Crippen LogP contribution in [0.25, 0.3) is 0 Å². The zero-order valence-electron chi connectivity index (χ0n) is 36.3. The summed E-state index contributed by atoms with van der Waals surface area (Å²) < 4.78 is 26.0. The number of nitrogens with one attached hydrogen (secondary N) is 1. The summed E-state index contributed by atoms with van der Waals surface area (Å²) in [6.07, 6.45) is 18.8. The van der Waals surface area contributed by atoms with E-state index in [-0.39, 0.29) is 22.9 Å². The van der Waals surface area contributed by atoms with E-state index >= 15 is 0 Å². The van der Waals surface area contributed by atoms with Gasteiger partial charge in [-0.25, -0.2) is 4.39 Å². The summed E-state index contributed by atoms with van der Waals surface area (Å²) in [5.74, 6) is 3.52. The summed E-state index contributed by atoms with van der Waals surface area (Å²) in [5.41, 5.74) is 4.25. The SMILES string of the molecule is C=C(C)[C@@H]1C[C@@H](NCCC2(O)CCOCC2)C2CC[C@]3(C)[C@H](CC[C@@H]4[C@@]5(C)CC=C(C6=CC[C@](CF)(C(=O)OCc7ccccc7)CC6)C(C)(C)[C@@H]5CC[C@]43C)[C@H]21. The maximum atomic E-state index is 14.8. The molecular weight excluding hydrogens is 710 g/mol. The Labute approximate surface area is 344 Å². The Morgan fingerprint density at radius 3 is 2.35 bits per heavy atom. The lowest BCUT2D eigenvalue weighted by Crippen LogP contribution is -2.64. The lowest BCUT2D eigenvalue weighted by atomic mass is 9.33. The first kappa shape index (κ1) is 41.5. The summed E-state index contributed by atoms with van der Waals surface area (Å²) in [6, 6.07) is 10.2. The Morgan fingerprint density at radius 1 is 0.930 bits per heavy atom. The minimum atomic E-state index is -1.09. The number of hydrogen-bond donors (Lipinski definition) is 2. The van der Waals surface area contributed by atoms with Crippen molar-refractivity contribution in [2.75, 3.05) is 26.4 Å². The summed E-state index contributed by atoms with van der Waals surface area (Å²) in [5, 5.41) is 15.2. The first-order chi connectivity index (χ1) is 27.1. The van der Waals surface area contributed by atoms with Crippen molar-refractivity contribution in [1.29, 1.82) is 0 Å². The number of fused-ring (bicyclic) bond motifs is 7. The molecule has 0 amide bonds. The average molecular weight is 784 g/mol. The monoisotopic (exact) mass is 784 g/mol. The van der Waals surface area contributed by atoms with Crippen molar-refractivity contribution in [3.8, 4) is 0 Å². The molecule has 1 aliphatic heterocycles. The molecule has 314 valence electrons. The molecule has 6 heteroatoms. The predicted octanol–water partition coefficient (Wildman–Crippen LogP) is 11.1. The van der Waals surface area contributed by atoms with Gasteiger partial charge in [-0.05, 0) is 177 Å². The smallest absolute Gasteiger partial charge is 0.315 e. The first-order valence-corrected chi connectivity index (χ1v) is 23.0. The quantitative estimate of drug-likeness (QED) is 0.183. The van der Waals surface area contributed by atoms with Crippen LogP contribution in [0.4, 0.5) is 4.39 Å². The summed E-state index contributed by atoms with van der Waals surface area (Å²) in [4.78, 5) is 13.4. The van der Waals surface area contributed by atoms with Gasteiger partial charge in [0.2, 0.25) is 0 Å². The topological polar surface area (TPSA) is 67.8 Å². The fourth-order valence-electron chi connectivity index (χ4n) is 15.5. The Balaban J connectivity index is 0.981. The van der Waals surface area contributed by atoms with Crippen LogP contribution >= 0.6 is 0 Å². The van der Waals surface area contributed by atoms with Gasteiger partial charge < -0.3 is 19.9 Å². The molecule has 7 aliphatic rings. The minimum Gasteiger partial charge on any atom is -0.460 e. The zero-order valence-corrected chi connectivity index (χ0v) is 36.3. The highest BCUT2D eigenvalue weighted by atomic mass is 19.1. The second-order valence-electron chi connectivity index (χ2n) is 21.7. The number of carbonyl (C=O) groups is 1. The number of halogens is 1. The third-order valence-electron chi connectivity index (χ3n) is 18.9. The van der Waals surface area contributed by atoms with E-state index in [2.05, 4.69) is 65.6 Å². The number of aliphatic hydroxyl groups is 1. The molecule has 1 aromatic carbocycles. The van der Waals surface area contributed by atoms with E-state index in [0.717, 1.165) is 50.1 Å². The van der Waals surface area contributed by atoms with E-state index in [9.17, 15) is 14.3 Å². The number of allylic oxidation sites excluding steroid dienone is 5. The fourth-order valence-corrected chi connectivity index (χ4v) is 15.5. The zero-order chi connectivity index (χ0) is 40.4. The predicted molar refractivity (Wildman–Crippen MR) is 227 cm³/mol. The molecule has 2 N–H and O–H groups in total. The number of carbonyl (C=O) groups excluding carboxylic acids is 1. The molecule has 1 aromatic rings. The maximum Gasteiger partial charge on any atom is 0.315 e. The number of rotatable bonds is 10. The van der Waals surface area contributed by atoms with Gasteiger partial charge in [0.15, 0.2) is 0 Å². The second-order valence-corrected chi connectivity index (χ2v) is 21.7. The summed E-state index contributed by atoms with van der Waals surface area (Å²) in [6.45, 7) is 21.8. The highest BCUT2D eigenvalue weighted by Gasteiger charge is 2.69. The first-order valence-electron chi connectivity index (χ1n) is 23.0. The van der Waals surface area contributed by atoms with Gasteiger partial charge >= 0.3 is 5.97 Å². The molecule has 0 aromatic heterocycles. The molecule has 1 unspecified atom stereocenters. The van der Waals surface area contributed by atoms with Crippen LogP contribution in [0.3, 0.4) is 0 Å². The van der Waals surface area contributed by atoms with Crippen molar-refractivity contribution in [3.63, 3.8) is 0 Å². The molecular formula is C51H74FNO4. The molecule has 1 heterocycles. The largest absolute Gasteiger partial charge is 0.460 e. The molecule has 8 rings (SSSR count). The van der Waals surface area contributed by atoms with Gasteiger partial charge in [-0.2, -0.15) is 0 Å². The van der Waals surface area contributed by atoms with Crippen molar-refractivity contribution in [2.45, 2.75) is 150 Å². The molecule has 57 heavy (non-hydrogen) atoms. The molecule has 0 spiro atoms. The van der Waals surface area contributed by atoms with Gasteiger partial charge in [-0.3, -0.25) is 4.79 Å². The van der Waals surface area contributed by atoms with Crippen LogP contribution in [0.5, 0.6) is 0 Å². The van der Waals surface area contributed by atoms with Gasteiger partial charge in [-0.15, -0.1) is 0 Å².